The quantitative estimate of drug-likeness (QED) is 0.824. The van der Waals surface area contributed by atoms with Crippen LogP contribution in [0, 0.1) is 0 Å². The van der Waals surface area contributed by atoms with Crippen molar-refractivity contribution in [2.24, 2.45) is 5.73 Å². The topological polar surface area (TPSA) is 42.2 Å². The van der Waals surface area contributed by atoms with Gasteiger partial charge in [-0.2, -0.15) is 0 Å². The minimum Gasteiger partial charge on any atom is -0.354 e. The van der Waals surface area contributed by atoms with Crippen molar-refractivity contribution in [2.75, 3.05) is 11.4 Å². The van der Waals surface area contributed by atoms with Crippen molar-refractivity contribution in [1.29, 1.82) is 0 Å². The van der Waals surface area contributed by atoms with E-state index in [9.17, 15) is 0 Å². The maximum atomic E-state index is 5.90. The molecule has 0 aliphatic heterocycles. The predicted molar refractivity (Wildman–Crippen MR) is 74.4 cm³/mol. The van der Waals surface area contributed by atoms with Gasteiger partial charge in [0.2, 0.25) is 0 Å². The van der Waals surface area contributed by atoms with E-state index in [1.807, 2.05) is 19.2 Å². The molecule has 1 aromatic heterocycles. The van der Waals surface area contributed by atoms with Crippen LogP contribution >= 0.6 is 0 Å². The number of aromatic nitrogens is 1. The first kappa shape index (κ1) is 14.0. The highest BCUT2D eigenvalue weighted by atomic mass is 15.2. The van der Waals surface area contributed by atoms with E-state index in [0.717, 1.165) is 25.2 Å². The minimum atomic E-state index is 0.175. The summed E-state index contributed by atoms with van der Waals surface area (Å²) in [7, 11) is 0. The first-order valence-electron chi connectivity index (χ1n) is 6.52. The third kappa shape index (κ3) is 4.00. The Labute approximate surface area is 105 Å². The molecular formula is C14H25N3. The molecule has 1 unspecified atom stereocenters. The summed E-state index contributed by atoms with van der Waals surface area (Å²) in [5, 5.41) is 0. The molecule has 0 radical (unpaired) electrons. The highest BCUT2D eigenvalue weighted by Crippen LogP contribution is 2.21. The summed E-state index contributed by atoms with van der Waals surface area (Å²) in [6.07, 6.45) is 3.88. The van der Waals surface area contributed by atoms with Crippen LogP contribution in [-0.4, -0.2) is 23.6 Å². The molecule has 96 valence electrons. The van der Waals surface area contributed by atoms with Gasteiger partial charge in [0.1, 0.15) is 5.82 Å². The van der Waals surface area contributed by atoms with Gasteiger partial charge < -0.3 is 10.6 Å². The monoisotopic (exact) mass is 235 g/mol. The van der Waals surface area contributed by atoms with E-state index < -0.39 is 0 Å². The molecule has 2 N–H and O–H groups in total. The Balaban J connectivity index is 3.00. The molecule has 3 nitrogen and oxygen atoms in total. The summed E-state index contributed by atoms with van der Waals surface area (Å²) in [5.41, 5.74) is 7.15. The van der Waals surface area contributed by atoms with E-state index in [4.69, 9.17) is 5.73 Å². The van der Waals surface area contributed by atoms with Gasteiger partial charge in [-0.25, -0.2) is 4.98 Å². The molecule has 0 bridgehead atoms. The number of rotatable bonds is 6. The van der Waals surface area contributed by atoms with Crippen LogP contribution in [0.4, 0.5) is 5.82 Å². The van der Waals surface area contributed by atoms with Crippen LogP contribution in [0.3, 0.4) is 0 Å². The predicted octanol–water partition coefficient (Wildman–Crippen LogP) is 2.60. The Morgan fingerprint density at radius 3 is 2.59 bits per heavy atom. The average molecular weight is 235 g/mol. The summed E-state index contributed by atoms with van der Waals surface area (Å²) in [6.45, 7) is 9.69. The normalized spacial score (nSPS) is 12.8. The number of pyridine rings is 1. The lowest BCUT2D eigenvalue weighted by Crippen LogP contribution is -2.33. The fraction of sp³-hybridized carbons (Fsp3) is 0.643. The number of hydrogen-bond donors (Lipinski definition) is 1. The van der Waals surface area contributed by atoms with Crippen LogP contribution in [0.1, 0.15) is 39.7 Å². The standard InChI is InChI=1S/C14H25N3/c1-5-9-17(11(2)3)14-13(10-12(4)15)7-6-8-16-14/h6-8,11-12H,5,9-10,15H2,1-4H3. The van der Waals surface area contributed by atoms with Crippen molar-refractivity contribution < 1.29 is 0 Å². The zero-order chi connectivity index (χ0) is 12.8. The summed E-state index contributed by atoms with van der Waals surface area (Å²) in [4.78, 5) is 6.90. The summed E-state index contributed by atoms with van der Waals surface area (Å²) in [6, 6.07) is 4.77. The molecule has 0 saturated carbocycles. The molecule has 17 heavy (non-hydrogen) atoms. The smallest absolute Gasteiger partial charge is 0.131 e. The average Bonchev–Trinajstić information content (AvgIpc) is 2.26. The minimum absolute atomic E-state index is 0.175. The second-order valence-electron chi connectivity index (χ2n) is 4.95. The Morgan fingerprint density at radius 2 is 2.06 bits per heavy atom. The van der Waals surface area contributed by atoms with E-state index in [0.29, 0.717) is 6.04 Å². The Bertz CT molecular complexity index is 334. The second kappa shape index (κ2) is 6.60. The van der Waals surface area contributed by atoms with Crippen LogP contribution in [0.5, 0.6) is 0 Å². The second-order valence-corrected chi connectivity index (χ2v) is 4.95. The molecule has 0 aromatic carbocycles. The molecule has 0 fully saturated rings. The van der Waals surface area contributed by atoms with Gasteiger partial charge in [0.05, 0.1) is 0 Å². The van der Waals surface area contributed by atoms with Gasteiger partial charge in [-0.05, 0) is 45.2 Å². The molecule has 1 rings (SSSR count). The van der Waals surface area contributed by atoms with Gasteiger partial charge >= 0.3 is 0 Å². The van der Waals surface area contributed by atoms with Gasteiger partial charge in [-0.3, -0.25) is 0 Å². The maximum absolute atomic E-state index is 5.90. The van der Waals surface area contributed by atoms with Gasteiger partial charge in [-0.15, -0.1) is 0 Å². The Kier molecular flexibility index (Phi) is 5.42. The van der Waals surface area contributed by atoms with Crippen LogP contribution in [0.15, 0.2) is 18.3 Å². The lowest BCUT2D eigenvalue weighted by atomic mass is 10.1. The van der Waals surface area contributed by atoms with E-state index in [2.05, 4.69) is 36.7 Å². The third-order valence-corrected chi connectivity index (χ3v) is 2.77. The molecule has 0 aliphatic carbocycles. The fourth-order valence-corrected chi connectivity index (χ4v) is 2.04. The number of nitrogens with two attached hydrogens (primary N) is 1. The maximum Gasteiger partial charge on any atom is 0.131 e. The lowest BCUT2D eigenvalue weighted by molar-refractivity contribution is 0.651. The van der Waals surface area contributed by atoms with E-state index >= 15 is 0 Å². The van der Waals surface area contributed by atoms with Crippen molar-refractivity contribution in [1.82, 2.24) is 4.98 Å². The van der Waals surface area contributed by atoms with Crippen molar-refractivity contribution in [3.8, 4) is 0 Å². The molecule has 1 heterocycles. The van der Waals surface area contributed by atoms with Crippen LogP contribution in [-0.2, 0) is 6.42 Å². The SMILES string of the molecule is CCCN(c1ncccc1CC(C)N)C(C)C. The van der Waals surface area contributed by atoms with Gasteiger partial charge in [0.25, 0.3) is 0 Å². The van der Waals surface area contributed by atoms with E-state index in [1.54, 1.807) is 0 Å². The van der Waals surface area contributed by atoms with Crippen molar-refractivity contribution in [2.45, 2.75) is 52.6 Å². The fourth-order valence-electron chi connectivity index (χ4n) is 2.04. The van der Waals surface area contributed by atoms with Crippen molar-refractivity contribution in [3.63, 3.8) is 0 Å². The van der Waals surface area contributed by atoms with Crippen LogP contribution in [0.2, 0.25) is 0 Å². The molecule has 0 spiro atoms. The molecule has 0 saturated heterocycles. The largest absolute Gasteiger partial charge is 0.354 e. The zero-order valence-electron chi connectivity index (χ0n) is 11.5. The highest BCUT2D eigenvalue weighted by Gasteiger charge is 2.15. The first-order valence-corrected chi connectivity index (χ1v) is 6.52. The lowest BCUT2D eigenvalue weighted by Gasteiger charge is -2.29. The summed E-state index contributed by atoms with van der Waals surface area (Å²) < 4.78 is 0. The number of nitrogens with zero attached hydrogens (tertiary/aromatic N) is 2. The van der Waals surface area contributed by atoms with Crippen LogP contribution in [0.25, 0.3) is 0 Å². The molecule has 3 heteroatoms. The molecule has 0 aliphatic rings. The van der Waals surface area contributed by atoms with Crippen LogP contribution < -0.4 is 10.6 Å². The van der Waals surface area contributed by atoms with Gasteiger partial charge in [0.15, 0.2) is 0 Å². The Morgan fingerprint density at radius 1 is 1.35 bits per heavy atom. The highest BCUT2D eigenvalue weighted by molar-refractivity contribution is 5.47. The van der Waals surface area contributed by atoms with Crippen molar-refractivity contribution >= 4 is 5.82 Å². The number of anilines is 1. The van der Waals surface area contributed by atoms with Gasteiger partial charge in [0, 0.05) is 24.8 Å². The Hall–Kier alpha value is -1.09. The molecule has 1 atom stereocenters. The van der Waals surface area contributed by atoms with E-state index in [-0.39, 0.29) is 6.04 Å². The molecule has 0 amide bonds. The summed E-state index contributed by atoms with van der Waals surface area (Å²) in [5.74, 6) is 1.10. The van der Waals surface area contributed by atoms with Crippen molar-refractivity contribution in [3.05, 3.63) is 23.9 Å². The molecule has 1 aromatic rings. The zero-order valence-corrected chi connectivity index (χ0v) is 11.5. The van der Waals surface area contributed by atoms with E-state index in [1.165, 1.54) is 5.56 Å². The third-order valence-electron chi connectivity index (χ3n) is 2.77. The van der Waals surface area contributed by atoms with Gasteiger partial charge in [-0.1, -0.05) is 13.0 Å². The summed E-state index contributed by atoms with van der Waals surface area (Å²) >= 11 is 0. The number of hydrogen-bond acceptors (Lipinski definition) is 3. The first-order chi connectivity index (χ1) is 8.06. The molecular weight excluding hydrogens is 210 g/mol.